The fourth-order valence-corrected chi connectivity index (χ4v) is 3.41. The van der Waals surface area contributed by atoms with Gasteiger partial charge in [0.15, 0.2) is 6.61 Å². The van der Waals surface area contributed by atoms with Gasteiger partial charge in [0.25, 0.3) is 5.91 Å². The lowest BCUT2D eigenvalue weighted by Gasteiger charge is -2.12. The first-order valence-electron chi connectivity index (χ1n) is 9.60. The van der Waals surface area contributed by atoms with E-state index in [2.05, 4.69) is 22.0 Å². The predicted octanol–water partition coefficient (Wildman–Crippen LogP) is 4.57. The zero-order valence-electron chi connectivity index (χ0n) is 17.3. The van der Waals surface area contributed by atoms with Crippen molar-refractivity contribution in [3.05, 3.63) is 88.2 Å². The number of benzene rings is 2. The number of hydrogen-bond acceptors (Lipinski definition) is 3. The molecule has 0 unspecified atom stereocenters. The van der Waals surface area contributed by atoms with Crippen LogP contribution in [0.25, 0.3) is 0 Å². The highest BCUT2D eigenvalue weighted by Gasteiger charge is 2.18. The molecule has 150 valence electrons. The number of ether oxygens (including phenoxy) is 1. The van der Waals surface area contributed by atoms with Crippen LogP contribution >= 0.6 is 0 Å². The molecule has 0 aliphatic heterocycles. The molecular weight excluding hydrogens is 364 g/mol. The maximum atomic E-state index is 12.6. The minimum atomic E-state index is -0.492. The van der Waals surface area contributed by atoms with Gasteiger partial charge in [0.2, 0.25) is 0 Å². The predicted molar refractivity (Wildman–Crippen MR) is 114 cm³/mol. The monoisotopic (exact) mass is 390 g/mol. The number of nitrogens with zero attached hydrogens (tertiary/aromatic N) is 1. The molecule has 2 aromatic carbocycles. The van der Waals surface area contributed by atoms with E-state index in [1.54, 1.807) is 0 Å². The van der Waals surface area contributed by atoms with Gasteiger partial charge in [-0.2, -0.15) is 0 Å². The summed E-state index contributed by atoms with van der Waals surface area (Å²) in [4.78, 5) is 24.8. The van der Waals surface area contributed by atoms with E-state index in [1.807, 2.05) is 70.2 Å². The number of carbonyl (C=O) groups is 2. The molecule has 0 atom stereocenters. The maximum Gasteiger partial charge on any atom is 0.340 e. The summed E-state index contributed by atoms with van der Waals surface area (Å²) in [6.45, 7) is 8.06. The molecule has 29 heavy (non-hydrogen) atoms. The van der Waals surface area contributed by atoms with Gasteiger partial charge in [-0.25, -0.2) is 4.79 Å². The zero-order valence-corrected chi connectivity index (χ0v) is 17.3. The first-order chi connectivity index (χ1) is 13.9. The van der Waals surface area contributed by atoms with Crippen LogP contribution in [0.2, 0.25) is 0 Å². The molecular formula is C24H26N2O3. The Morgan fingerprint density at radius 1 is 0.931 bits per heavy atom. The van der Waals surface area contributed by atoms with E-state index >= 15 is 0 Å². The lowest BCUT2D eigenvalue weighted by atomic mass is 10.1. The normalized spacial score (nSPS) is 10.6. The second kappa shape index (κ2) is 8.78. The number of aromatic nitrogens is 1. The fraction of sp³-hybridized carbons (Fsp3) is 0.250. The van der Waals surface area contributed by atoms with E-state index in [9.17, 15) is 9.59 Å². The molecule has 0 radical (unpaired) electrons. The zero-order chi connectivity index (χ0) is 21.0. The number of amides is 1. The van der Waals surface area contributed by atoms with Gasteiger partial charge in [0.1, 0.15) is 0 Å². The van der Waals surface area contributed by atoms with E-state index in [1.165, 1.54) is 0 Å². The van der Waals surface area contributed by atoms with Crippen molar-refractivity contribution in [2.24, 2.45) is 0 Å². The Bertz CT molecular complexity index is 1020. The first kappa shape index (κ1) is 20.4. The number of para-hydroxylation sites is 1. The van der Waals surface area contributed by atoms with E-state index in [0.717, 1.165) is 33.8 Å². The van der Waals surface area contributed by atoms with Crippen LogP contribution in [0.3, 0.4) is 0 Å². The number of anilines is 1. The molecule has 0 saturated carbocycles. The molecule has 0 saturated heterocycles. The van der Waals surface area contributed by atoms with Gasteiger partial charge in [-0.1, -0.05) is 48.5 Å². The molecule has 3 rings (SSSR count). The van der Waals surface area contributed by atoms with E-state index < -0.39 is 5.97 Å². The minimum absolute atomic E-state index is 0.324. The van der Waals surface area contributed by atoms with Gasteiger partial charge < -0.3 is 14.6 Å². The average Bonchev–Trinajstić information content (AvgIpc) is 2.98. The standard InChI is InChI=1S/C24H26N2O3/c1-16-9-8-10-17(2)23(16)25-22(27)15-29-24(28)21-13-18(3)26(19(21)4)14-20-11-6-5-7-12-20/h5-13H,14-15H2,1-4H3,(H,25,27). The molecule has 5 heteroatoms. The van der Waals surface area contributed by atoms with Crippen molar-refractivity contribution in [3.8, 4) is 0 Å². The van der Waals surface area contributed by atoms with Crippen molar-refractivity contribution in [1.29, 1.82) is 0 Å². The molecule has 3 aromatic rings. The molecule has 1 heterocycles. The number of aryl methyl sites for hydroxylation is 3. The Morgan fingerprint density at radius 2 is 1.59 bits per heavy atom. The number of carbonyl (C=O) groups excluding carboxylic acids is 2. The van der Waals surface area contributed by atoms with E-state index in [-0.39, 0.29) is 12.5 Å². The van der Waals surface area contributed by atoms with Crippen molar-refractivity contribution in [2.75, 3.05) is 11.9 Å². The second-order valence-electron chi connectivity index (χ2n) is 7.25. The highest BCUT2D eigenvalue weighted by atomic mass is 16.5. The molecule has 0 spiro atoms. The minimum Gasteiger partial charge on any atom is -0.452 e. The summed E-state index contributed by atoms with van der Waals surface area (Å²) >= 11 is 0. The summed E-state index contributed by atoms with van der Waals surface area (Å²) in [5, 5.41) is 2.83. The highest BCUT2D eigenvalue weighted by Crippen LogP contribution is 2.20. The quantitative estimate of drug-likeness (QED) is 0.628. The molecule has 5 nitrogen and oxygen atoms in total. The number of nitrogens with one attached hydrogen (secondary N) is 1. The van der Waals surface area contributed by atoms with Gasteiger partial charge >= 0.3 is 5.97 Å². The summed E-state index contributed by atoms with van der Waals surface area (Å²) in [6, 6.07) is 17.7. The summed E-state index contributed by atoms with van der Waals surface area (Å²) < 4.78 is 7.35. The number of rotatable bonds is 6. The van der Waals surface area contributed by atoms with Crippen molar-refractivity contribution < 1.29 is 14.3 Å². The Morgan fingerprint density at radius 3 is 2.24 bits per heavy atom. The van der Waals surface area contributed by atoms with Crippen molar-refractivity contribution in [1.82, 2.24) is 4.57 Å². The van der Waals surface area contributed by atoms with Gasteiger partial charge in [-0.15, -0.1) is 0 Å². The van der Waals surface area contributed by atoms with Crippen LogP contribution in [-0.4, -0.2) is 23.1 Å². The molecule has 1 N–H and O–H groups in total. The van der Waals surface area contributed by atoms with Crippen LogP contribution in [0, 0.1) is 27.7 Å². The number of hydrogen-bond donors (Lipinski definition) is 1. The highest BCUT2D eigenvalue weighted by molar-refractivity contribution is 5.96. The molecule has 0 fully saturated rings. The maximum absolute atomic E-state index is 12.6. The Hall–Kier alpha value is -3.34. The van der Waals surface area contributed by atoms with Crippen molar-refractivity contribution in [2.45, 2.75) is 34.2 Å². The molecule has 0 bridgehead atoms. The van der Waals surface area contributed by atoms with Crippen LogP contribution in [-0.2, 0) is 16.1 Å². The molecule has 0 aliphatic rings. The summed E-state index contributed by atoms with van der Waals surface area (Å²) in [5.41, 5.74) is 6.13. The van der Waals surface area contributed by atoms with Gasteiger partial charge in [0, 0.05) is 23.6 Å². The van der Waals surface area contributed by atoms with Crippen molar-refractivity contribution >= 4 is 17.6 Å². The van der Waals surface area contributed by atoms with Crippen molar-refractivity contribution in [3.63, 3.8) is 0 Å². The number of esters is 1. The third-order valence-corrected chi connectivity index (χ3v) is 5.06. The lowest BCUT2D eigenvalue weighted by molar-refractivity contribution is -0.119. The topological polar surface area (TPSA) is 60.3 Å². The van der Waals surface area contributed by atoms with Gasteiger partial charge in [-0.3, -0.25) is 4.79 Å². The van der Waals surface area contributed by atoms with Crippen LogP contribution in [0.4, 0.5) is 5.69 Å². The van der Waals surface area contributed by atoms with Gasteiger partial charge in [-0.05, 0) is 50.5 Å². The van der Waals surface area contributed by atoms with E-state index in [4.69, 9.17) is 4.74 Å². The summed E-state index contributed by atoms with van der Waals surface area (Å²) in [5.74, 6) is -0.845. The summed E-state index contributed by atoms with van der Waals surface area (Å²) in [6.07, 6.45) is 0. The smallest absolute Gasteiger partial charge is 0.340 e. The molecule has 0 aliphatic carbocycles. The van der Waals surface area contributed by atoms with Crippen LogP contribution in [0.5, 0.6) is 0 Å². The van der Waals surface area contributed by atoms with Gasteiger partial charge in [0.05, 0.1) is 5.56 Å². The Labute approximate surface area is 171 Å². The largest absolute Gasteiger partial charge is 0.452 e. The van der Waals surface area contributed by atoms with E-state index in [0.29, 0.717) is 12.1 Å². The SMILES string of the molecule is Cc1cccc(C)c1NC(=O)COC(=O)c1cc(C)n(Cc2ccccc2)c1C. The van der Waals surface area contributed by atoms with Crippen LogP contribution in [0.15, 0.2) is 54.6 Å². The fourth-order valence-electron chi connectivity index (χ4n) is 3.41. The lowest BCUT2D eigenvalue weighted by Crippen LogP contribution is -2.22. The third-order valence-electron chi connectivity index (χ3n) is 5.06. The Balaban J connectivity index is 1.65. The first-order valence-corrected chi connectivity index (χ1v) is 9.60. The summed E-state index contributed by atoms with van der Waals surface area (Å²) in [7, 11) is 0. The van der Waals surface area contributed by atoms with Crippen LogP contribution < -0.4 is 5.32 Å². The third kappa shape index (κ3) is 4.74. The molecule has 1 amide bonds. The average molecular weight is 390 g/mol. The van der Waals surface area contributed by atoms with Crippen LogP contribution in [0.1, 0.15) is 38.4 Å². The Kier molecular flexibility index (Phi) is 6.17. The second-order valence-corrected chi connectivity index (χ2v) is 7.25. The molecule has 1 aromatic heterocycles.